The molecule has 4 rings (SSSR count). The number of hydrogen-bond acceptors (Lipinski definition) is 4. The molecule has 0 saturated heterocycles. The molecule has 0 spiro atoms. The molecule has 4 aromatic rings. The third-order valence-electron chi connectivity index (χ3n) is 6.00. The number of para-hydroxylation sites is 1. The molecule has 1 atom stereocenters. The zero-order chi connectivity index (χ0) is 23.4. The molecule has 0 saturated carbocycles. The van der Waals surface area contributed by atoms with Crippen LogP contribution < -0.4 is 0 Å². The first-order valence-electron chi connectivity index (χ1n) is 11.3. The fourth-order valence-electron chi connectivity index (χ4n) is 4.10. The monoisotopic (exact) mass is 437 g/mol. The Morgan fingerprint density at radius 1 is 1.06 bits per heavy atom. The molecule has 1 aromatic heterocycles. The molecule has 166 valence electrons. The van der Waals surface area contributed by atoms with Gasteiger partial charge in [0.25, 0.3) is 0 Å². The van der Waals surface area contributed by atoms with Crippen molar-refractivity contribution in [2.45, 2.75) is 39.7 Å². The Labute approximate surface area is 194 Å². The van der Waals surface area contributed by atoms with Crippen molar-refractivity contribution in [3.8, 4) is 17.2 Å². The summed E-state index contributed by atoms with van der Waals surface area (Å²) < 4.78 is 7.46. The van der Waals surface area contributed by atoms with Gasteiger partial charge in [0.15, 0.2) is 0 Å². The second-order valence-corrected chi connectivity index (χ2v) is 8.11. The van der Waals surface area contributed by atoms with Gasteiger partial charge in [-0.05, 0) is 48.2 Å². The van der Waals surface area contributed by atoms with Gasteiger partial charge >= 0.3 is 5.97 Å². The lowest BCUT2D eigenvalue weighted by Gasteiger charge is -2.15. The van der Waals surface area contributed by atoms with Crippen LogP contribution in [-0.4, -0.2) is 22.1 Å². The van der Waals surface area contributed by atoms with Crippen molar-refractivity contribution >= 4 is 17.0 Å². The summed E-state index contributed by atoms with van der Waals surface area (Å²) in [6.07, 6.45) is 0.946. The van der Waals surface area contributed by atoms with Crippen LogP contribution in [0, 0.1) is 11.3 Å². The Morgan fingerprint density at radius 3 is 2.52 bits per heavy atom. The van der Waals surface area contributed by atoms with Gasteiger partial charge in [-0.2, -0.15) is 5.26 Å². The first kappa shape index (κ1) is 22.3. The molecule has 0 N–H and O–H groups in total. The van der Waals surface area contributed by atoms with Crippen LogP contribution in [0.4, 0.5) is 0 Å². The second-order valence-electron chi connectivity index (χ2n) is 8.11. The summed E-state index contributed by atoms with van der Waals surface area (Å²) in [5, 5.41) is 9.42. The van der Waals surface area contributed by atoms with Crippen molar-refractivity contribution in [2.24, 2.45) is 0 Å². The van der Waals surface area contributed by atoms with Gasteiger partial charge in [0.2, 0.25) is 0 Å². The minimum atomic E-state index is -0.330. The number of fused-ring (bicyclic) bond motifs is 1. The summed E-state index contributed by atoms with van der Waals surface area (Å²) in [5.41, 5.74) is 5.82. The highest BCUT2D eigenvalue weighted by Crippen LogP contribution is 2.29. The molecular weight excluding hydrogens is 410 g/mol. The number of ether oxygens (including phenoxy) is 1. The van der Waals surface area contributed by atoms with Crippen LogP contribution in [0.5, 0.6) is 0 Å². The van der Waals surface area contributed by atoms with Gasteiger partial charge in [-0.3, -0.25) is 0 Å². The Kier molecular flexibility index (Phi) is 6.55. The van der Waals surface area contributed by atoms with Crippen LogP contribution in [0.1, 0.15) is 60.4 Å². The van der Waals surface area contributed by atoms with Gasteiger partial charge in [0.1, 0.15) is 5.82 Å². The number of carbonyl (C=O) groups is 1. The summed E-state index contributed by atoms with van der Waals surface area (Å²) in [5.74, 6) is 0.876. The summed E-state index contributed by atoms with van der Waals surface area (Å²) in [7, 11) is 0. The van der Waals surface area contributed by atoms with Crippen LogP contribution >= 0.6 is 0 Å². The fraction of sp³-hybridized carbons (Fsp3) is 0.250. The smallest absolute Gasteiger partial charge is 0.340 e. The normalized spacial score (nSPS) is 11.8. The number of nitriles is 1. The largest absolute Gasteiger partial charge is 0.462 e. The third-order valence-corrected chi connectivity index (χ3v) is 6.00. The lowest BCUT2D eigenvalue weighted by Crippen LogP contribution is -2.11. The Morgan fingerprint density at radius 2 is 1.82 bits per heavy atom. The predicted molar refractivity (Wildman–Crippen MR) is 130 cm³/mol. The Bertz CT molecular complexity index is 1330. The van der Waals surface area contributed by atoms with E-state index in [1.165, 1.54) is 0 Å². The highest BCUT2D eigenvalue weighted by molar-refractivity contribution is 6.02. The van der Waals surface area contributed by atoms with Crippen LogP contribution in [-0.2, 0) is 11.3 Å². The van der Waals surface area contributed by atoms with E-state index in [0.717, 1.165) is 40.0 Å². The topological polar surface area (TPSA) is 67.9 Å². The molecule has 1 heterocycles. The zero-order valence-corrected chi connectivity index (χ0v) is 19.2. The van der Waals surface area contributed by atoms with Crippen molar-refractivity contribution in [3.05, 3.63) is 89.2 Å². The van der Waals surface area contributed by atoms with E-state index in [2.05, 4.69) is 36.6 Å². The first-order chi connectivity index (χ1) is 16.1. The van der Waals surface area contributed by atoms with Gasteiger partial charge in [-0.25, -0.2) is 9.78 Å². The maximum atomic E-state index is 12.7. The van der Waals surface area contributed by atoms with Crippen LogP contribution in [0.25, 0.3) is 22.2 Å². The highest BCUT2D eigenvalue weighted by Gasteiger charge is 2.21. The van der Waals surface area contributed by atoms with E-state index in [4.69, 9.17) is 9.72 Å². The number of carbonyl (C=O) groups excluding carboxylic acids is 1. The average Bonchev–Trinajstić information content (AvgIpc) is 3.22. The molecule has 3 aromatic carbocycles. The molecule has 0 aliphatic heterocycles. The van der Waals surface area contributed by atoms with E-state index in [9.17, 15) is 10.1 Å². The number of esters is 1. The van der Waals surface area contributed by atoms with Crippen molar-refractivity contribution in [1.29, 1.82) is 5.26 Å². The predicted octanol–water partition coefficient (Wildman–Crippen LogP) is 6.31. The molecule has 0 bridgehead atoms. The first-order valence-corrected chi connectivity index (χ1v) is 11.3. The molecule has 5 heteroatoms. The number of benzene rings is 3. The number of hydrogen-bond donors (Lipinski definition) is 0. The minimum absolute atomic E-state index is 0.245. The summed E-state index contributed by atoms with van der Waals surface area (Å²) in [6, 6.07) is 23.7. The maximum absolute atomic E-state index is 12.7. The SMILES string of the molecule is CCOC(=O)c1cccc2nc(C(C)CC)n(Cc3ccc(-c4ccccc4C#N)cc3)c12. The van der Waals surface area contributed by atoms with E-state index in [1.54, 1.807) is 6.07 Å². The van der Waals surface area contributed by atoms with Crippen LogP contribution in [0.3, 0.4) is 0 Å². The number of rotatable bonds is 7. The molecule has 0 radical (unpaired) electrons. The third kappa shape index (κ3) is 4.38. The van der Waals surface area contributed by atoms with Gasteiger partial charge in [0, 0.05) is 12.5 Å². The van der Waals surface area contributed by atoms with E-state index in [0.29, 0.717) is 24.3 Å². The lowest BCUT2D eigenvalue weighted by molar-refractivity contribution is 0.0528. The van der Waals surface area contributed by atoms with E-state index < -0.39 is 0 Å². The van der Waals surface area contributed by atoms with E-state index in [-0.39, 0.29) is 11.9 Å². The van der Waals surface area contributed by atoms with Gasteiger partial charge in [-0.15, -0.1) is 0 Å². The Balaban J connectivity index is 1.77. The number of aromatic nitrogens is 2. The van der Waals surface area contributed by atoms with Crippen molar-refractivity contribution < 1.29 is 9.53 Å². The zero-order valence-electron chi connectivity index (χ0n) is 19.2. The molecule has 0 aliphatic carbocycles. The van der Waals surface area contributed by atoms with Crippen molar-refractivity contribution in [2.75, 3.05) is 6.61 Å². The quantitative estimate of drug-likeness (QED) is 0.318. The molecule has 5 nitrogen and oxygen atoms in total. The highest BCUT2D eigenvalue weighted by atomic mass is 16.5. The summed E-state index contributed by atoms with van der Waals surface area (Å²) in [6.45, 7) is 7.03. The molecule has 33 heavy (non-hydrogen) atoms. The molecular formula is C28H27N3O2. The molecule has 0 aliphatic rings. The molecule has 0 fully saturated rings. The second kappa shape index (κ2) is 9.70. The van der Waals surface area contributed by atoms with Crippen molar-refractivity contribution in [1.82, 2.24) is 9.55 Å². The van der Waals surface area contributed by atoms with E-state index >= 15 is 0 Å². The summed E-state index contributed by atoms with van der Waals surface area (Å²) in [4.78, 5) is 17.6. The van der Waals surface area contributed by atoms with Crippen molar-refractivity contribution in [3.63, 3.8) is 0 Å². The maximum Gasteiger partial charge on any atom is 0.340 e. The Hall–Kier alpha value is -3.91. The molecule has 0 amide bonds. The van der Waals surface area contributed by atoms with Gasteiger partial charge in [0.05, 0.1) is 34.8 Å². The number of imidazole rings is 1. The van der Waals surface area contributed by atoms with E-state index in [1.807, 2.05) is 55.5 Å². The standard InChI is InChI=1S/C28H27N3O2/c1-4-19(3)27-30-25-12-8-11-24(28(32)33-5-2)26(25)31(27)18-20-13-15-21(16-14-20)23-10-7-6-9-22(23)17-29/h6-16,19H,4-5,18H2,1-3H3. The van der Waals surface area contributed by atoms with Crippen LogP contribution in [0.15, 0.2) is 66.7 Å². The van der Waals surface area contributed by atoms with Gasteiger partial charge in [-0.1, -0.05) is 62.4 Å². The fourth-order valence-corrected chi connectivity index (χ4v) is 4.10. The lowest BCUT2D eigenvalue weighted by atomic mass is 9.99. The summed E-state index contributed by atoms with van der Waals surface area (Å²) >= 11 is 0. The van der Waals surface area contributed by atoms with Gasteiger partial charge < -0.3 is 9.30 Å². The number of nitrogens with zero attached hydrogens (tertiary/aromatic N) is 3. The average molecular weight is 438 g/mol. The minimum Gasteiger partial charge on any atom is -0.462 e. The van der Waals surface area contributed by atoms with Crippen LogP contribution in [0.2, 0.25) is 0 Å². The molecule has 1 unspecified atom stereocenters.